The third-order valence-electron chi connectivity index (χ3n) is 5.22. The van der Waals surface area contributed by atoms with Gasteiger partial charge >= 0.3 is 0 Å². The number of halogens is 3. The molecule has 0 bridgehead atoms. The molecule has 1 fully saturated rings. The zero-order chi connectivity index (χ0) is 21.3. The second-order valence-electron chi connectivity index (χ2n) is 7.33. The molecule has 5 nitrogen and oxygen atoms in total. The van der Waals surface area contributed by atoms with Gasteiger partial charge in [0.25, 0.3) is 5.91 Å². The summed E-state index contributed by atoms with van der Waals surface area (Å²) in [6.45, 7) is 3.38. The van der Waals surface area contributed by atoms with Gasteiger partial charge in [-0.1, -0.05) is 18.0 Å². The molecule has 0 radical (unpaired) electrons. The van der Waals surface area contributed by atoms with E-state index in [1.165, 1.54) is 30.3 Å². The number of aromatic nitrogens is 2. The summed E-state index contributed by atoms with van der Waals surface area (Å²) in [5.74, 6) is -1.23. The second-order valence-corrected chi connectivity index (χ2v) is 7.74. The van der Waals surface area contributed by atoms with Gasteiger partial charge in [-0.15, -0.1) is 0 Å². The van der Waals surface area contributed by atoms with E-state index in [0.717, 1.165) is 32.4 Å². The van der Waals surface area contributed by atoms with E-state index >= 15 is 0 Å². The van der Waals surface area contributed by atoms with Crippen LogP contribution in [0.5, 0.6) is 0 Å². The minimum atomic E-state index is -0.546. The largest absolute Gasteiger partial charge is 0.286 e. The molecule has 0 unspecified atom stereocenters. The molecule has 0 spiro atoms. The fourth-order valence-corrected chi connectivity index (χ4v) is 3.84. The first-order valence-corrected chi connectivity index (χ1v) is 10.2. The lowest BCUT2D eigenvalue weighted by molar-refractivity contribution is 0.0743. The summed E-state index contributed by atoms with van der Waals surface area (Å²) in [5, 5.41) is 6.37. The predicted octanol–water partition coefficient (Wildman–Crippen LogP) is 4.91. The smallest absolute Gasteiger partial charge is 0.283 e. The van der Waals surface area contributed by atoms with Gasteiger partial charge in [0, 0.05) is 24.2 Å². The minimum Gasteiger partial charge on any atom is -0.283 e. The van der Waals surface area contributed by atoms with Crippen LogP contribution in [0.3, 0.4) is 0 Å². The van der Waals surface area contributed by atoms with E-state index < -0.39 is 5.82 Å². The van der Waals surface area contributed by atoms with Crippen LogP contribution < -0.4 is 5.43 Å². The lowest BCUT2D eigenvalue weighted by Gasteiger charge is -2.26. The van der Waals surface area contributed by atoms with Crippen molar-refractivity contribution in [3.05, 3.63) is 70.4 Å². The Morgan fingerprint density at radius 1 is 1.07 bits per heavy atom. The number of carbonyl (C=O) groups excluding carboxylic acids is 1. The molecule has 3 aromatic rings. The summed E-state index contributed by atoms with van der Waals surface area (Å²) in [6, 6.07) is 10.2. The molecule has 0 atom stereocenters. The highest BCUT2D eigenvalue weighted by atomic mass is 35.5. The Bertz CT molecular complexity index is 1080. The van der Waals surface area contributed by atoms with Gasteiger partial charge in [-0.05, 0) is 62.2 Å². The average Bonchev–Trinajstić information content (AvgIpc) is 3.09. The Morgan fingerprint density at radius 3 is 2.43 bits per heavy atom. The number of hydrazine groups is 1. The maximum atomic E-state index is 13.7. The molecule has 1 aliphatic heterocycles. The fourth-order valence-electron chi connectivity index (χ4n) is 3.66. The zero-order valence-corrected chi connectivity index (χ0v) is 17.2. The first kappa shape index (κ1) is 20.5. The van der Waals surface area contributed by atoms with Gasteiger partial charge in [0.2, 0.25) is 0 Å². The van der Waals surface area contributed by atoms with Gasteiger partial charge in [0.05, 0.1) is 16.4 Å². The summed E-state index contributed by atoms with van der Waals surface area (Å²) < 4.78 is 28.7. The molecule has 8 heteroatoms. The normalized spacial score (nSPS) is 14.7. The summed E-state index contributed by atoms with van der Waals surface area (Å²) in [4.78, 5) is 13.0. The van der Waals surface area contributed by atoms with Gasteiger partial charge in [-0.25, -0.2) is 18.5 Å². The maximum Gasteiger partial charge on any atom is 0.286 e. The highest BCUT2D eigenvalue weighted by Gasteiger charge is 2.24. The molecule has 1 saturated heterocycles. The molecule has 156 valence electrons. The Morgan fingerprint density at radius 2 is 1.77 bits per heavy atom. The number of carbonyl (C=O) groups is 1. The van der Waals surface area contributed by atoms with Crippen molar-refractivity contribution >= 4 is 17.5 Å². The Labute approximate surface area is 178 Å². The number of amides is 1. The Balaban J connectivity index is 1.79. The van der Waals surface area contributed by atoms with E-state index in [2.05, 4.69) is 10.5 Å². The topological polar surface area (TPSA) is 50.2 Å². The second kappa shape index (κ2) is 8.53. The molecular formula is C22H21ClF2N4O. The molecule has 1 aromatic heterocycles. The highest BCUT2D eigenvalue weighted by Crippen LogP contribution is 2.30. The van der Waals surface area contributed by atoms with E-state index in [9.17, 15) is 13.6 Å². The third-order valence-corrected chi connectivity index (χ3v) is 5.51. The van der Waals surface area contributed by atoms with Crippen LogP contribution in [-0.4, -0.2) is 33.8 Å². The molecule has 0 aliphatic carbocycles. The minimum absolute atomic E-state index is 0.0509. The molecule has 4 rings (SSSR count). The quantitative estimate of drug-likeness (QED) is 0.639. The van der Waals surface area contributed by atoms with Gasteiger partial charge in [0.15, 0.2) is 5.69 Å². The van der Waals surface area contributed by atoms with Crippen LogP contribution in [0.25, 0.3) is 16.9 Å². The fraction of sp³-hybridized carbons (Fsp3) is 0.273. The molecule has 1 N–H and O–H groups in total. The number of piperidine rings is 1. The van der Waals surface area contributed by atoms with Crippen molar-refractivity contribution in [3.63, 3.8) is 0 Å². The van der Waals surface area contributed by atoms with Crippen LogP contribution in [0, 0.1) is 18.6 Å². The van der Waals surface area contributed by atoms with Crippen molar-refractivity contribution in [2.45, 2.75) is 26.2 Å². The molecule has 0 saturated carbocycles. The van der Waals surface area contributed by atoms with Crippen LogP contribution in [0.1, 0.15) is 35.3 Å². The van der Waals surface area contributed by atoms with E-state index in [4.69, 9.17) is 11.6 Å². The van der Waals surface area contributed by atoms with Gasteiger partial charge in [0.1, 0.15) is 11.6 Å². The molecule has 30 heavy (non-hydrogen) atoms. The average molecular weight is 431 g/mol. The number of hydrogen-bond acceptors (Lipinski definition) is 3. The Hall–Kier alpha value is -2.77. The van der Waals surface area contributed by atoms with Gasteiger partial charge < -0.3 is 0 Å². The van der Waals surface area contributed by atoms with E-state index in [1.807, 2.05) is 5.01 Å². The van der Waals surface area contributed by atoms with Crippen LogP contribution in [0.15, 0.2) is 42.5 Å². The zero-order valence-electron chi connectivity index (χ0n) is 16.5. The number of benzene rings is 2. The summed E-state index contributed by atoms with van der Waals surface area (Å²) in [6.07, 6.45) is 3.21. The number of hydrogen-bond donors (Lipinski definition) is 1. The number of rotatable bonds is 4. The predicted molar refractivity (Wildman–Crippen MR) is 112 cm³/mol. The molecular weight excluding hydrogens is 410 g/mol. The molecule has 2 aromatic carbocycles. The SMILES string of the molecule is Cc1c(C(=O)NN2CCCCC2)nn(-c2ccc(F)c(Cl)c2)c1-c1ccc(F)cc1. The summed E-state index contributed by atoms with van der Waals surface area (Å²) in [5.41, 5.74) is 5.60. The molecule has 1 amide bonds. The summed E-state index contributed by atoms with van der Waals surface area (Å²) in [7, 11) is 0. The van der Waals surface area contributed by atoms with Crippen LogP contribution >= 0.6 is 11.6 Å². The van der Waals surface area contributed by atoms with Gasteiger partial charge in [-0.2, -0.15) is 5.10 Å². The van der Waals surface area contributed by atoms with Gasteiger partial charge in [-0.3, -0.25) is 10.2 Å². The third kappa shape index (κ3) is 4.08. The van der Waals surface area contributed by atoms with Crippen LogP contribution in [-0.2, 0) is 0 Å². The first-order valence-electron chi connectivity index (χ1n) is 9.81. The Kier molecular flexibility index (Phi) is 5.83. The molecule has 2 heterocycles. The first-order chi connectivity index (χ1) is 14.4. The lowest BCUT2D eigenvalue weighted by atomic mass is 10.1. The van der Waals surface area contributed by atoms with Crippen molar-refractivity contribution in [3.8, 4) is 16.9 Å². The van der Waals surface area contributed by atoms with Crippen molar-refractivity contribution in [2.24, 2.45) is 0 Å². The maximum absolute atomic E-state index is 13.7. The van der Waals surface area contributed by atoms with Crippen molar-refractivity contribution in [1.82, 2.24) is 20.2 Å². The van der Waals surface area contributed by atoms with Crippen molar-refractivity contribution in [2.75, 3.05) is 13.1 Å². The van der Waals surface area contributed by atoms with Crippen LogP contribution in [0.2, 0.25) is 5.02 Å². The summed E-state index contributed by atoms with van der Waals surface area (Å²) >= 11 is 5.97. The number of nitrogens with one attached hydrogen (secondary N) is 1. The van der Waals surface area contributed by atoms with E-state index in [1.54, 1.807) is 23.7 Å². The van der Waals surface area contributed by atoms with E-state index in [-0.39, 0.29) is 22.4 Å². The highest BCUT2D eigenvalue weighted by molar-refractivity contribution is 6.30. The van der Waals surface area contributed by atoms with Crippen LogP contribution in [0.4, 0.5) is 8.78 Å². The van der Waals surface area contributed by atoms with Crippen molar-refractivity contribution in [1.29, 1.82) is 0 Å². The lowest BCUT2D eigenvalue weighted by Crippen LogP contribution is -2.45. The standard InChI is InChI=1S/C22H21ClF2N4O/c1-14-20(22(30)27-28-11-3-2-4-12-28)26-29(17-9-10-19(25)18(23)13-17)21(14)15-5-7-16(24)8-6-15/h5-10,13H,2-4,11-12H2,1H3,(H,27,30). The number of nitrogens with zero attached hydrogens (tertiary/aromatic N) is 3. The molecule has 1 aliphatic rings. The van der Waals surface area contributed by atoms with Crippen molar-refractivity contribution < 1.29 is 13.6 Å². The monoisotopic (exact) mass is 430 g/mol. The van der Waals surface area contributed by atoms with E-state index in [0.29, 0.717) is 22.5 Å².